The number of nitrogens with zero attached hydrogens (tertiary/aromatic N) is 1. The van der Waals surface area contributed by atoms with Crippen molar-refractivity contribution in [3.63, 3.8) is 0 Å². The van der Waals surface area contributed by atoms with Gasteiger partial charge in [-0.25, -0.2) is 9.37 Å². The average Bonchev–Trinajstić information content (AvgIpc) is 2.87. The second kappa shape index (κ2) is 4.97. The molecule has 0 aliphatic heterocycles. The van der Waals surface area contributed by atoms with E-state index in [1.807, 2.05) is 0 Å². The summed E-state index contributed by atoms with van der Waals surface area (Å²) < 4.78 is 18.6. The quantitative estimate of drug-likeness (QED) is 0.920. The Hall–Kier alpha value is -1.94. The summed E-state index contributed by atoms with van der Waals surface area (Å²) in [5, 5.41) is 0. The summed E-state index contributed by atoms with van der Waals surface area (Å²) in [7, 11) is 0. The van der Waals surface area contributed by atoms with Crippen LogP contribution >= 0.6 is 0 Å². The molecule has 1 aliphatic carbocycles. The van der Waals surface area contributed by atoms with E-state index in [1.165, 1.54) is 17.7 Å². The van der Waals surface area contributed by atoms with Gasteiger partial charge in [-0.1, -0.05) is 0 Å². The first kappa shape index (κ1) is 12.1. The zero-order valence-corrected chi connectivity index (χ0v) is 10.5. The van der Waals surface area contributed by atoms with Gasteiger partial charge in [-0.3, -0.25) is 0 Å². The molecule has 1 aromatic carbocycles. The van der Waals surface area contributed by atoms with Gasteiger partial charge >= 0.3 is 0 Å². The lowest BCUT2D eigenvalue weighted by Gasteiger charge is -2.11. The Labute approximate surface area is 111 Å². The lowest BCUT2D eigenvalue weighted by atomic mass is 10.1. The van der Waals surface area contributed by atoms with Gasteiger partial charge in [0.05, 0.1) is 0 Å². The van der Waals surface area contributed by atoms with E-state index in [9.17, 15) is 4.39 Å². The molecule has 2 aromatic rings. The van der Waals surface area contributed by atoms with Crippen molar-refractivity contribution in [1.82, 2.24) is 4.98 Å². The SMILES string of the molecule is NCc1cc2c(nc1Oc1ccc(F)cc1)CCC2. The maximum absolute atomic E-state index is 12.9. The van der Waals surface area contributed by atoms with Gasteiger partial charge in [0, 0.05) is 17.8 Å². The van der Waals surface area contributed by atoms with Gasteiger partial charge in [-0.05, 0) is 55.2 Å². The van der Waals surface area contributed by atoms with Gasteiger partial charge in [-0.2, -0.15) is 0 Å². The molecule has 0 saturated heterocycles. The maximum Gasteiger partial charge on any atom is 0.223 e. The van der Waals surface area contributed by atoms with Crippen molar-refractivity contribution in [2.45, 2.75) is 25.8 Å². The number of halogens is 1. The number of hydrogen-bond acceptors (Lipinski definition) is 3. The topological polar surface area (TPSA) is 48.1 Å². The van der Waals surface area contributed by atoms with Crippen LogP contribution in [0.2, 0.25) is 0 Å². The Morgan fingerprint density at radius 2 is 2.00 bits per heavy atom. The van der Waals surface area contributed by atoms with Crippen LogP contribution in [0.3, 0.4) is 0 Å². The van der Waals surface area contributed by atoms with Crippen LogP contribution in [0, 0.1) is 5.82 Å². The zero-order chi connectivity index (χ0) is 13.2. The molecule has 98 valence electrons. The summed E-state index contributed by atoms with van der Waals surface area (Å²) in [6.45, 7) is 0.386. The first-order valence-corrected chi connectivity index (χ1v) is 6.41. The predicted octanol–water partition coefficient (Wildman–Crippen LogP) is 2.96. The van der Waals surface area contributed by atoms with Crippen molar-refractivity contribution in [3.05, 3.63) is 53.0 Å². The normalized spacial score (nSPS) is 13.4. The molecule has 1 aromatic heterocycles. The lowest BCUT2D eigenvalue weighted by molar-refractivity contribution is 0.453. The highest BCUT2D eigenvalue weighted by atomic mass is 19.1. The largest absolute Gasteiger partial charge is 0.439 e. The molecule has 19 heavy (non-hydrogen) atoms. The number of ether oxygens (including phenoxy) is 1. The Morgan fingerprint density at radius 3 is 2.74 bits per heavy atom. The molecule has 0 radical (unpaired) electrons. The van der Waals surface area contributed by atoms with E-state index < -0.39 is 0 Å². The third-order valence-electron chi connectivity index (χ3n) is 3.34. The van der Waals surface area contributed by atoms with Crippen molar-refractivity contribution < 1.29 is 9.13 Å². The number of benzene rings is 1. The second-order valence-electron chi connectivity index (χ2n) is 4.67. The Balaban J connectivity index is 1.93. The highest BCUT2D eigenvalue weighted by molar-refractivity contribution is 5.39. The van der Waals surface area contributed by atoms with Crippen LogP contribution in [0.4, 0.5) is 4.39 Å². The van der Waals surface area contributed by atoms with Crippen LogP contribution in [0.5, 0.6) is 11.6 Å². The van der Waals surface area contributed by atoms with Gasteiger partial charge in [0.1, 0.15) is 11.6 Å². The number of aryl methyl sites for hydroxylation is 2. The highest BCUT2D eigenvalue weighted by Crippen LogP contribution is 2.29. The average molecular weight is 258 g/mol. The van der Waals surface area contributed by atoms with Gasteiger partial charge in [0.15, 0.2) is 0 Å². The number of nitrogens with two attached hydrogens (primary N) is 1. The molecule has 0 bridgehead atoms. The Kier molecular flexibility index (Phi) is 3.17. The summed E-state index contributed by atoms with van der Waals surface area (Å²) in [6, 6.07) is 7.99. The van der Waals surface area contributed by atoms with Crippen molar-refractivity contribution in [1.29, 1.82) is 0 Å². The molecular weight excluding hydrogens is 243 g/mol. The van der Waals surface area contributed by atoms with E-state index >= 15 is 0 Å². The Morgan fingerprint density at radius 1 is 1.21 bits per heavy atom. The van der Waals surface area contributed by atoms with Gasteiger partial charge in [0.2, 0.25) is 5.88 Å². The van der Waals surface area contributed by atoms with Crippen LogP contribution in [0.25, 0.3) is 0 Å². The fraction of sp³-hybridized carbons (Fsp3) is 0.267. The van der Waals surface area contributed by atoms with E-state index in [4.69, 9.17) is 10.5 Å². The third kappa shape index (κ3) is 2.44. The standard InChI is InChI=1S/C15H15FN2O/c16-12-4-6-13(7-5-12)19-15-11(9-17)8-10-2-1-3-14(10)18-15/h4-8H,1-3,9,17H2. The van der Waals surface area contributed by atoms with E-state index in [0.717, 1.165) is 30.5 Å². The van der Waals surface area contributed by atoms with Crippen molar-refractivity contribution >= 4 is 0 Å². The van der Waals surface area contributed by atoms with Crippen molar-refractivity contribution in [2.24, 2.45) is 5.73 Å². The number of fused-ring (bicyclic) bond motifs is 1. The van der Waals surface area contributed by atoms with Crippen LogP contribution in [-0.2, 0) is 19.4 Å². The molecule has 3 nitrogen and oxygen atoms in total. The molecule has 0 unspecified atom stereocenters. The molecule has 4 heteroatoms. The highest BCUT2D eigenvalue weighted by Gasteiger charge is 2.17. The fourth-order valence-corrected chi connectivity index (χ4v) is 2.35. The smallest absolute Gasteiger partial charge is 0.223 e. The lowest BCUT2D eigenvalue weighted by Crippen LogP contribution is -2.04. The summed E-state index contributed by atoms with van der Waals surface area (Å²) in [4.78, 5) is 4.55. The van der Waals surface area contributed by atoms with E-state index in [0.29, 0.717) is 18.2 Å². The van der Waals surface area contributed by atoms with Gasteiger partial charge in [-0.15, -0.1) is 0 Å². The number of rotatable bonds is 3. The molecule has 0 atom stereocenters. The minimum atomic E-state index is -0.284. The molecule has 2 N–H and O–H groups in total. The zero-order valence-electron chi connectivity index (χ0n) is 10.5. The molecule has 1 aliphatic rings. The number of pyridine rings is 1. The number of hydrogen-bond donors (Lipinski definition) is 1. The summed E-state index contributed by atoms with van der Waals surface area (Å²) >= 11 is 0. The number of aromatic nitrogens is 1. The van der Waals surface area contributed by atoms with Crippen LogP contribution in [-0.4, -0.2) is 4.98 Å². The third-order valence-corrected chi connectivity index (χ3v) is 3.34. The van der Waals surface area contributed by atoms with Crippen molar-refractivity contribution in [3.8, 4) is 11.6 Å². The fourth-order valence-electron chi connectivity index (χ4n) is 2.35. The molecule has 1 heterocycles. The first-order chi connectivity index (χ1) is 9.26. The van der Waals surface area contributed by atoms with Gasteiger partial charge in [0.25, 0.3) is 0 Å². The minimum absolute atomic E-state index is 0.284. The van der Waals surface area contributed by atoms with Crippen molar-refractivity contribution in [2.75, 3.05) is 0 Å². The summed E-state index contributed by atoms with van der Waals surface area (Å²) in [5.41, 5.74) is 9.00. The van der Waals surface area contributed by atoms with Crippen LogP contribution < -0.4 is 10.5 Å². The molecule has 3 rings (SSSR count). The summed E-state index contributed by atoms with van der Waals surface area (Å²) in [6.07, 6.45) is 3.18. The van der Waals surface area contributed by atoms with Crippen LogP contribution in [0.1, 0.15) is 23.2 Å². The second-order valence-corrected chi connectivity index (χ2v) is 4.67. The molecule has 0 saturated carbocycles. The van der Waals surface area contributed by atoms with E-state index in [-0.39, 0.29) is 5.82 Å². The molecule has 0 spiro atoms. The molecule has 0 amide bonds. The summed E-state index contributed by atoms with van der Waals surface area (Å²) in [5.74, 6) is 0.824. The monoisotopic (exact) mass is 258 g/mol. The molecule has 0 fully saturated rings. The first-order valence-electron chi connectivity index (χ1n) is 6.41. The minimum Gasteiger partial charge on any atom is -0.439 e. The van der Waals surface area contributed by atoms with E-state index in [1.54, 1.807) is 12.1 Å². The van der Waals surface area contributed by atoms with E-state index in [2.05, 4.69) is 11.1 Å². The van der Waals surface area contributed by atoms with Gasteiger partial charge < -0.3 is 10.5 Å². The Bertz CT molecular complexity index is 596. The van der Waals surface area contributed by atoms with Crippen LogP contribution in [0.15, 0.2) is 30.3 Å². The molecular formula is C15H15FN2O. The maximum atomic E-state index is 12.9. The predicted molar refractivity (Wildman–Crippen MR) is 70.6 cm³/mol.